The smallest absolute Gasteiger partial charge is 0.340 e. The van der Waals surface area contributed by atoms with E-state index in [4.69, 9.17) is 19.9 Å². The summed E-state index contributed by atoms with van der Waals surface area (Å²) in [5.74, 6) is -0.733. The Hall–Kier alpha value is -4.00. The number of carbonyl (C=O) groups excluding carboxylic acids is 1. The summed E-state index contributed by atoms with van der Waals surface area (Å²) in [5, 5.41) is 0. The van der Waals surface area contributed by atoms with Crippen LogP contribution in [0, 0.1) is 6.92 Å². The van der Waals surface area contributed by atoms with Crippen LogP contribution in [0.4, 0.5) is 0 Å². The fourth-order valence-electron chi connectivity index (χ4n) is 4.07. The number of benzene rings is 2. The number of methoxy groups -OCH3 is 2. The summed E-state index contributed by atoms with van der Waals surface area (Å²) in [4.78, 5) is 26.5. The van der Waals surface area contributed by atoms with Crippen LogP contribution in [-0.4, -0.2) is 24.8 Å². The lowest BCUT2D eigenvalue weighted by molar-refractivity contribution is -0.136. The third-order valence-electron chi connectivity index (χ3n) is 5.61. The van der Waals surface area contributed by atoms with E-state index in [2.05, 4.69) is 0 Å². The lowest BCUT2D eigenvalue weighted by atomic mass is 9.83. The zero-order chi connectivity index (χ0) is 22.8. The molecule has 0 aliphatic carbocycles. The Bertz CT molecular complexity index is 1260. The van der Waals surface area contributed by atoms with E-state index in [1.807, 2.05) is 49.4 Å². The van der Waals surface area contributed by atoms with Crippen molar-refractivity contribution in [3.05, 3.63) is 105 Å². The molecule has 2 N–H and O–H groups in total. The lowest BCUT2D eigenvalue weighted by Gasteiger charge is -2.29. The van der Waals surface area contributed by atoms with E-state index in [0.29, 0.717) is 34.9 Å². The van der Waals surface area contributed by atoms with Gasteiger partial charge in [-0.1, -0.05) is 48.5 Å². The fraction of sp³-hybridized carbons (Fsp3) is 0.200. The average molecular weight is 432 g/mol. The summed E-state index contributed by atoms with van der Waals surface area (Å²) < 4.78 is 17.9. The average Bonchev–Trinajstić information content (AvgIpc) is 2.81. The van der Waals surface area contributed by atoms with Crippen molar-refractivity contribution in [3.63, 3.8) is 0 Å². The first-order chi connectivity index (χ1) is 15.5. The third-order valence-corrected chi connectivity index (χ3v) is 5.61. The van der Waals surface area contributed by atoms with Gasteiger partial charge in [-0.25, -0.2) is 4.79 Å². The molecule has 2 aromatic carbocycles. The number of hydrogen-bond acceptors (Lipinski definition) is 6. The van der Waals surface area contributed by atoms with E-state index in [-0.39, 0.29) is 17.0 Å². The van der Waals surface area contributed by atoms with Crippen molar-refractivity contribution < 1.29 is 19.0 Å². The zero-order valence-electron chi connectivity index (χ0n) is 18.1. The summed E-state index contributed by atoms with van der Waals surface area (Å²) in [6.07, 6.45) is 0. The van der Waals surface area contributed by atoms with Crippen molar-refractivity contribution >= 4 is 5.97 Å². The molecule has 0 radical (unpaired) electrons. The summed E-state index contributed by atoms with van der Waals surface area (Å²) in [6.45, 7) is 2.21. The summed E-state index contributed by atoms with van der Waals surface area (Å²) in [5.41, 5.74) is 8.58. The molecule has 32 heavy (non-hydrogen) atoms. The van der Waals surface area contributed by atoms with Gasteiger partial charge in [0.05, 0.1) is 32.2 Å². The van der Waals surface area contributed by atoms with Crippen LogP contribution in [0.3, 0.4) is 0 Å². The molecule has 4 rings (SSSR count). The number of ether oxygens (including phenoxy) is 3. The van der Waals surface area contributed by atoms with Crippen LogP contribution in [0.5, 0.6) is 11.5 Å². The Morgan fingerprint density at radius 1 is 1.09 bits per heavy atom. The maximum Gasteiger partial charge on any atom is 0.340 e. The third kappa shape index (κ3) is 3.62. The molecule has 1 aromatic heterocycles. The molecule has 1 aliphatic heterocycles. The highest BCUT2D eigenvalue weighted by molar-refractivity contribution is 5.92. The topological polar surface area (TPSA) is 92.8 Å². The molecular weight excluding hydrogens is 408 g/mol. The second kappa shape index (κ2) is 8.63. The minimum atomic E-state index is -0.808. The molecule has 2 heterocycles. The minimum absolute atomic E-state index is 0.0664. The zero-order valence-corrected chi connectivity index (χ0v) is 18.1. The van der Waals surface area contributed by atoms with Crippen molar-refractivity contribution in [1.29, 1.82) is 0 Å². The van der Waals surface area contributed by atoms with Gasteiger partial charge in [-0.2, -0.15) is 0 Å². The van der Waals surface area contributed by atoms with E-state index < -0.39 is 11.9 Å². The number of nitrogens with two attached hydrogens (primary N) is 1. The quantitative estimate of drug-likeness (QED) is 0.623. The van der Waals surface area contributed by atoms with Gasteiger partial charge in [0.25, 0.3) is 5.56 Å². The number of esters is 1. The van der Waals surface area contributed by atoms with Crippen molar-refractivity contribution in [2.24, 2.45) is 5.73 Å². The Labute approximate surface area is 185 Å². The Balaban J connectivity index is 1.98. The first-order valence-corrected chi connectivity index (χ1v) is 10.1. The van der Waals surface area contributed by atoms with E-state index >= 15 is 0 Å². The van der Waals surface area contributed by atoms with E-state index in [1.54, 1.807) is 22.8 Å². The molecule has 164 valence electrons. The van der Waals surface area contributed by atoms with Crippen molar-refractivity contribution in [2.75, 3.05) is 14.2 Å². The number of aryl methyl sites for hydroxylation is 1. The number of nitrogens with zero attached hydrogens (tertiary/aromatic N) is 1. The highest BCUT2D eigenvalue weighted by Crippen LogP contribution is 2.44. The van der Waals surface area contributed by atoms with Crippen molar-refractivity contribution in [1.82, 2.24) is 4.57 Å². The molecule has 3 aromatic rings. The number of para-hydroxylation sites is 1. The molecule has 0 spiro atoms. The molecule has 0 bridgehead atoms. The van der Waals surface area contributed by atoms with Crippen molar-refractivity contribution in [3.8, 4) is 11.5 Å². The first-order valence-electron chi connectivity index (χ1n) is 10.1. The number of carbonyl (C=O) groups is 1. The summed E-state index contributed by atoms with van der Waals surface area (Å²) >= 11 is 0. The number of rotatable bonds is 5. The molecular formula is C25H24N2O5. The second-order valence-electron chi connectivity index (χ2n) is 7.49. The second-order valence-corrected chi connectivity index (χ2v) is 7.49. The van der Waals surface area contributed by atoms with Crippen molar-refractivity contribution in [2.45, 2.75) is 19.4 Å². The number of aromatic nitrogens is 1. The molecule has 1 aliphatic rings. The molecule has 7 heteroatoms. The fourth-order valence-corrected chi connectivity index (χ4v) is 4.07. The van der Waals surface area contributed by atoms with Gasteiger partial charge in [0.1, 0.15) is 17.1 Å². The normalized spacial score (nSPS) is 15.0. The van der Waals surface area contributed by atoms with Gasteiger partial charge < -0.3 is 24.5 Å². The van der Waals surface area contributed by atoms with E-state index in [1.165, 1.54) is 14.2 Å². The Morgan fingerprint density at radius 3 is 2.47 bits per heavy atom. The van der Waals surface area contributed by atoms with Gasteiger partial charge in [0.15, 0.2) is 0 Å². The molecule has 0 amide bonds. The van der Waals surface area contributed by atoms with Crippen LogP contribution in [0.2, 0.25) is 0 Å². The largest absolute Gasteiger partial charge is 0.496 e. The highest BCUT2D eigenvalue weighted by Gasteiger charge is 2.39. The lowest BCUT2D eigenvalue weighted by Crippen LogP contribution is -2.35. The van der Waals surface area contributed by atoms with Gasteiger partial charge in [0, 0.05) is 17.3 Å². The molecule has 1 atom stereocenters. The first kappa shape index (κ1) is 21.2. The summed E-state index contributed by atoms with van der Waals surface area (Å²) in [6, 6.07) is 18.7. The molecule has 0 fully saturated rings. The van der Waals surface area contributed by atoms with Crippen LogP contribution in [0.1, 0.15) is 28.3 Å². The van der Waals surface area contributed by atoms with Crippen LogP contribution < -0.4 is 20.8 Å². The predicted octanol–water partition coefficient (Wildman–Crippen LogP) is 3.08. The van der Waals surface area contributed by atoms with Crippen LogP contribution in [0.15, 0.2) is 76.9 Å². The van der Waals surface area contributed by atoms with Gasteiger partial charge >= 0.3 is 5.97 Å². The molecule has 0 saturated heterocycles. The molecule has 7 nitrogen and oxygen atoms in total. The maximum absolute atomic E-state index is 13.8. The van der Waals surface area contributed by atoms with Gasteiger partial charge in [-0.3, -0.25) is 4.79 Å². The Kier molecular flexibility index (Phi) is 5.73. The Morgan fingerprint density at radius 2 is 1.78 bits per heavy atom. The van der Waals surface area contributed by atoms with E-state index in [9.17, 15) is 9.59 Å². The number of pyridine rings is 1. The monoisotopic (exact) mass is 432 g/mol. The maximum atomic E-state index is 13.8. The van der Waals surface area contributed by atoms with Crippen LogP contribution in [-0.2, 0) is 16.1 Å². The van der Waals surface area contributed by atoms with Gasteiger partial charge in [-0.05, 0) is 18.6 Å². The van der Waals surface area contributed by atoms with Crippen LogP contribution >= 0.6 is 0 Å². The highest BCUT2D eigenvalue weighted by atomic mass is 16.5. The SMILES string of the molecule is COC(=O)C1=C(N)Oc2cc(C)n(Cc3ccccc3)c(=O)c2[C@@H]1c1ccccc1OC. The summed E-state index contributed by atoms with van der Waals surface area (Å²) in [7, 11) is 2.80. The number of fused-ring (bicyclic) bond motifs is 1. The molecule has 0 saturated carbocycles. The van der Waals surface area contributed by atoms with Gasteiger partial charge in [-0.15, -0.1) is 0 Å². The van der Waals surface area contributed by atoms with Gasteiger partial charge in [0.2, 0.25) is 5.88 Å². The molecule has 0 unspecified atom stereocenters. The predicted molar refractivity (Wildman–Crippen MR) is 120 cm³/mol. The number of hydrogen-bond donors (Lipinski definition) is 1. The van der Waals surface area contributed by atoms with E-state index in [0.717, 1.165) is 5.56 Å². The standard InChI is InChI=1S/C25H24N2O5/c1-15-13-19-21(24(28)27(15)14-16-9-5-4-6-10-16)20(17-11-7-8-12-18(17)30-2)22(23(26)32-19)25(29)31-3/h4-13,20H,14,26H2,1-3H3/t20-/m0/s1. The van der Waals surface area contributed by atoms with Crippen LogP contribution in [0.25, 0.3) is 0 Å². The minimum Gasteiger partial charge on any atom is -0.496 e.